The van der Waals surface area contributed by atoms with Crippen LogP contribution in [0.15, 0.2) is 52.1 Å². The first-order valence-electron chi connectivity index (χ1n) is 8.79. The fourth-order valence-corrected chi connectivity index (χ4v) is 5.30. The van der Waals surface area contributed by atoms with Gasteiger partial charge >= 0.3 is 0 Å². The van der Waals surface area contributed by atoms with Gasteiger partial charge in [0.2, 0.25) is 0 Å². The quantitative estimate of drug-likeness (QED) is 0.509. The molecule has 0 radical (unpaired) electrons. The van der Waals surface area contributed by atoms with E-state index in [1.807, 2.05) is 18.2 Å². The van der Waals surface area contributed by atoms with Crippen molar-refractivity contribution in [3.63, 3.8) is 0 Å². The van der Waals surface area contributed by atoms with Gasteiger partial charge in [0.15, 0.2) is 11.0 Å². The number of halogens is 2. The number of hydrogen-bond donors (Lipinski definition) is 1. The van der Waals surface area contributed by atoms with Crippen LogP contribution in [0.4, 0.5) is 5.69 Å². The van der Waals surface area contributed by atoms with Gasteiger partial charge in [-0.05, 0) is 40.6 Å². The zero-order valence-electron chi connectivity index (χ0n) is 15.1. The topological polar surface area (TPSA) is 93.3 Å². The molecule has 29 heavy (non-hydrogen) atoms. The number of fused-ring (bicyclic) bond motifs is 2. The van der Waals surface area contributed by atoms with Gasteiger partial charge in [0.25, 0.3) is 10.0 Å². The number of benzene rings is 2. The Morgan fingerprint density at radius 1 is 1.03 bits per heavy atom. The first-order valence-corrected chi connectivity index (χ1v) is 10.6. The van der Waals surface area contributed by atoms with Crippen molar-refractivity contribution in [2.75, 3.05) is 31.1 Å². The van der Waals surface area contributed by atoms with E-state index in [1.54, 1.807) is 12.3 Å². The van der Waals surface area contributed by atoms with E-state index in [0.717, 1.165) is 37.3 Å². The molecule has 1 aliphatic heterocycles. The van der Waals surface area contributed by atoms with Crippen molar-refractivity contribution in [3.05, 3.63) is 47.6 Å². The minimum atomic E-state index is -3.92. The lowest BCUT2D eigenvalue weighted by Crippen LogP contribution is -2.43. The Bertz CT molecular complexity index is 1300. The summed E-state index contributed by atoms with van der Waals surface area (Å²) in [6.07, 6.45) is 1.57. The highest BCUT2D eigenvalue weighted by molar-refractivity contribution is 7.90. The minimum absolute atomic E-state index is 0. The predicted molar refractivity (Wildman–Crippen MR) is 114 cm³/mol. The highest BCUT2D eigenvalue weighted by atomic mass is 35.5. The number of piperazine rings is 1. The normalized spacial score (nSPS) is 15.0. The van der Waals surface area contributed by atoms with E-state index in [-0.39, 0.29) is 33.4 Å². The Morgan fingerprint density at radius 3 is 2.59 bits per heavy atom. The summed E-state index contributed by atoms with van der Waals surface area (Å²) in [5.41, 5.74) is 1.97. The van der Waals surface area contributed by atoms with Crippen molar-refractivity contribution < 1.29 is 13.0 Å². The van der Waals surface area contributed by atoms with Gasteiger partial charge in [0.05, 0.1) is 10.5 Å². The van der Waals surface area contributed by atoms with E-state index in [2.05, 4.69) is 20.5 Å². The van der Waals surface area contributed by atoms with E-state index < -0.39 is 10.0 Å². The third-order valence-corrected chi connectivity index (χ3v) is 7.02. The van der Waals surface area contributed by atoms with Gasteiger partial charge in [-0.1, -0.05) is 17.7 Å². The molecule has 0 aliphatic carbocycles. The van der Waals surface area contributed by atoms with Crippen molar-refractivity contribution in [2.45, 2.75) is 4.90 Å². The molecule has 2 aromatic heterocycles. The molecule has 8 nitrogen and oxygen atoms in total. The molecule has 1 aliphatic rings. The van der Waals surface area contributed by atoms with Crippen LogP contribution in [-0.2, 0) is 10.0 Å². The lowest BCUT2D eigenvalue weighted by molar-refractivity contribution is 0.315. The second kappa shape index (κ2) is 7.49. The van der Waals surface area contributed by atoms with Crippen LogP contribution in [0.1, 0.15) is 0 Å². The molecule has 5 rings (SSSR count). The van der Waals surface area contributed by atoms with Crippen LogP contribution >= 0.6 is 24.0 Å². The Kier molecular flexibility index (Phi) is 5.16. The molecule has 0 amide bonds. The molecule has 0 atom stereocenters. The molecule has 4 aromatic rings. The van der Waals surface area contributed by atoms with Crippen molar-refractivity contribution in [2.24, 2.45) is 0 Å². The van der Waals surface area contributed by atoms with Crippen LogP contribution < -0.4 is 10.2 Å². The molecule has 1 fully saturated rings. The molecule has 3 heterocycles. The molecule has 0 saturated carbocycles. The summed E-state index contributed by atoms with van der Waals surface area (Å²) < 4.78 is 32.8. The standard InChI is InChI=1S/C18H16ClN5O3S.ClH/c19-13-4-5-16(18-17(13)21-27-22-18)28(25,26)24-9-6-12-14(2-1-3-15(12)24)23-10-7-20-8-11-23;/h1-6,9,20H,7-8,10-11H2;1H. The van der Waals surface area contributed by atoms with Gasteiger partial charge in [0, 0.05) is 43.4 Å². The van der Waals surface area contributed by atoms with Crippen LogP contribution in [0, 0.1) is 0 Å². The van der Waals surface area contributed by atoms with Crippen molar-refractivity contribution in [1.82, 2.24) is 19.6 Å². The van der Waals surface area contributed by atoms with Crippen LogP contribution in [0.3, 0.4) is 0 Å². The maximum atomic E-state index is 13.4. The summed E-state index contributed by atoms with van der Waals surface area (Å²) in [4.78, 5) is 2.26. The minimum Gasteiger partial charge on any atom is -0.368 e. The maximum absolute atomic E-state index is 13.4. The predicted octanol–water partition coefficient (Wildman–Crippen LogP) is 2.90. The Labute approximate surface area is 177 Å². The Balaban J connectivity index is 0.00000205. The maximum Gasteiger partial charge on any atom is 0.270 e. The zero-order chi connectivity index (χ0) is 19.3. The number of nitrogens with one attached hydrogen (secondary N) is 1. The lowest BCUT2D eigenvalue weighted by Gasteiger charge is -2.30. The van der Waals surface area contributed by atoms with Crippen molar-refractivity contribution in [3.8, 4) is 0 Å². The highest BCUT2D eigenvalue weighted by Gasteiger charge is 2.26. The highest BCUT2D eigenvalue weighted by Crippen LogP contribution is 2.33. The fourth-order valence-electron chi connectivity index (χ4n) is 3.65. The fraction of sp³-hybridized carbons (Fsp3) is 0.222. The third kappa shape index (κ3) is 3.14. The molecule has 0 bridgehead atoms. The Morgan fingerprint density at radius 2 is 1.79 bits per heavy atom. The van der Waals surface area contributed by atoms with Gasteiger partial charge in [-0.3, -0.25) is 0 Å². The summed E-state index contributed by atoms with van der Waals surface area (Å²) in [6.45, 7) is 3.55. The molecular weight excluding hydrogens is 437 g/mol. The summed E-state index contributed by atoms with van der Waals surface area (Å²) in [5, 5.41) is 12.0. The largest absolute Gasteiger partial charge is 0.368 e. The van der Waals surface area contributed by atoms with Gasteiger partial charge in [0.1, 0.15) is 4.90 Å². The first-order chi connectivity index (χ1) is 13.6. The average Bonchev–Trinajstić information content (AvgIpc) is 3.36. The summed E-state index contributed by atoms with van der Waals surface area (Å²) in [5.74, 6) is 0. The number of rotatable bonds is 3. The summed E-state index contributed by atoms with van der Waals surface area (Å²) >= 11 is 6.07. The lowest BCUT2D eigenvalue weighted by atomic mass is 10.2. The van der Waals surface area contributed by atoms with Crippen LogP contribution in [0.5, 0.6) is 0 Å². The van der Waals surface area contributed by atoms with E-state index in [4.69, 9.17) is 16.2 Å². The summed E-state index contributed by atoms with van der Waals surface area (Å²) in [6, 6.07) is 10.4. The second-order valence-electron chi connectivity index (χ2n) is 6.57. The number of anilines is 1. The molecule has 11 heteroatoms. The molecule has 1 N–H and O–H groups in total. The van der Waals surface area contributed by atoms with Gasteiger partial charge < -0.3 is 10.2 Å². The molecule has 0 unspecified atom stereocenters. The molecule has 152 valence electrons. The van der Waals surface area contributed by atoms with Crippen LogP contribution in [0.2, 0.25) is 5.02 Å². The molecule has 1 saturated heterocycles. The van der Waals surface area contributed by atoms with Gasteiger partial charge in [-0.25, -0.2) is 17.0 Å². The third-order valence-electron chi connectivity index (χ3n) is 5.00. The second-order valence-corrected chi connectivity index (χ2v) is 8.76. The van der Waals surface area contributed by atoms with E-state index in [0.29, 0.717) is 5.52 Å². The van der Waals surface area contributed by atoms with E-state index in [9.17, 15) is 8.42 Å². The van der Waals surface area contributed by atoms with E-state index >= 15 is 0 Å². The summed E-state index contributed by atoms with van der Waals surface area (Å²) in [7, 11) is -3.92. The Hall–Kier alpha value is -2.33. The molecular formula is C18H17Cl2N5O3S. The first kappa shape index (κ1) is 20.0. The van der Waals surface area contributed by atoms with Crippen LogP contribution in [0.25, 0.3) is 21.9 Å². The van der Waals surface area contributed by atoms with Crippen molar-refractivity contribution >= 4 is 61.7 Å². The van der Waals surface area contributed by atoms with E-state index in [1.165, 1.54) is 16.1 Å². The molecule has 2 aromatic carbocycles. The van der Waals surface area contributed by atoms with Gasteiger partial charge in [-0.15, -0.1) is 12.4 Å². The van der Waals surface area contributed by atoms with Gasteiger partial charge in [-0.2, -0.15) is 0 Å². The SMILES string of the molecule is Cl.O=S(=O)(c1ccc(Cl)c2nonc12)n1ccc2c(N3CCNCC3)cccc21. The monoisotopic (exact) mass is 453 g/mol. The molecule has 0 spiro atoms. The number of aromatic nitrogens is 3. The smallest absolute Gasteiger partial charge is 0.270 e. The number of hydrogen-bond acceptors (Lipinski definition) is 7. The van der Waals surface area contributed by atoms with Crippen molar-refractivity contribution in [1.29, 1.82) is 0 Å². The zero-order valence-corrected chi connectivity index (χ0v) is 17.5. The average molecular weight is 454 g/mol. The van der Waals surface area contributed by atoms with Crippen LogP contribution in [-0.4, -0.2) is 48.9 Å². The number of nitrogens with zero attached hydrogens (tertiary/aromatic N) is 4.